The Kier molecular flexibility index (Phi) is 6.68. The number of para-hydroxylation sites is 1. The van der Waals surface area contributed by atoms with Gasteiger partial charge in [-0.25, -0.2) is 0 Å². The molecule has 0 spiro atoms. The molecular formula is C13H18N2O3. The molecule has 0 bridgehead atoms. The predicted molar refractivity (Wildman–Crippen MR) is 70.7 cm³/mol. The molecule has 18 heavy (non-hydrogen) atoms. The Bertz CT molecular complexity index is 394. The molecular weight excluding hydrogens is 232 g/mol. The molecule has 0 aromatic heterocycles. The van der Waals surface area contributed by atoms with Crippen LogP contribution in [0.25, 0.3) is 0 Å². The molecule has 0 unspecified atom stereocenters. The highest BCUT2D eigenvalue weighted by molar-refractivity contribution is 5.39. The van der Waals surface area contributed by atoms with Crippen LogP contribution in [0.1, 0.15) is 5.56 Å². The average Bonchev–Trinajstić information content (AvgIpc) is 2.38. The maximum Gasteiger partial charge on any atom is 0.272 e. The Balaban J connectivity index is 2.27. The van der Waals surface area contributed by atoms with Gasteiger partial charge in [0, 0.05) is 18.2 Å². The molecule has 1 rings (SSSR count). The summed E-state index contributed by atoms with van der Waals surface area (Å²) >= 11 is 0. The van der Waals surface area contributed by atoms with Crippen molar-refractivity contribution in [3.63, 3.8) is 0 Å². The normalized spacial score (nSPS) is 10.2. The summed E-state index contributed by atoms with van der Waals surface area (Å²) in [5, 5.41) is 14.0. The second-order valence-corrected chi connectivity index (χ2v) is 3.75. The molecule has 0 saturated heterocycles. The zero-order chi connectivity index (χ0) is 13.2. The highest BCUT2D eigenvalue weighted by Crippen LogP contribution is 2.17. The van der Waals surface area contributed by atoms with E-state index in [1.165, 1.54) is 6.07 Å². The molecule has 0 heterocycles. The Hall–Kier alpha value is -1.72. The number of ether oxygens (including phenoxy) is 1. The van der Waals surface area contributed by atoms with E-state index < -0.39 is 0 Å². The topological polar surface area (TPSA) is 64.4 Å². The Labute approximate surface area is 107 Å². The molecule has 0 fully saturated rings. The Morgan fingerprint density at radius 2 is 2.17 bits per heavy atom. The van der Waals surface area contributed by atoms with Crippen molar-refractivity contribution in [2.24, 2.45) is 0 Å². The maximum absolute atomic E-state index is 10.8. The van der Waals surface area contributed by atoms with Crippen LogP contribution in [0.15, 0.2) is 36.9 Å². The van der Waals surface area contributed by atoms with Crippen LogP contribution in [0.2, 0.25) is 0 Å². The molecule has 0 radical (unpaired) electrons. The standard InChI is InChI=1S/C13H18N2O3/c1-2-10-18-11-9-14-8-7-12-5-3-4-6-13(12)15(16)17/h2-6,14H,1,7-11H2. The zero-order valence-electron chi connectivity index (χ0n) is 10.3. The van der Waals surface area contributed by atoms with Crippen molar-refractivity contribution in [2.75, 3.05) is 26.3 Å². The van der Waals surface area contributed by atoms with E-state index in [4.69, 9.17) is 4.74 Å². The molecule has 0 aliphatic rings. The van der Waals surface area contributed by atoms with Gasteiger partial charge in [0.1, 0.15) is 0 Å². The molecule has 98 valence electrons. The third-order valence-electron chi connectivity index (χ3n) is 2.42. The number of rotatable bonds is 9. The molecule has 0 aliphatic carbocycles. The monoisotopic (exact) mass is 250 g/mol. The fraction of sp³-hybridized carbons (Fsp3) is 0.385. The second kappa shape index (κ2) is 8.38. The first-order chi connectivity index (χ1) is 8.75. The van der Waals surface area contributed by atoms with Crippen LogP contribution in [0, 0.1) is 10.1 Å². The molecule has 1 aromatic carbocycles. The van der Waals surface area contributed by atoms with Gasteiger partial charge in [0.15, 0.2) is 0 Å². The first-order valence-corrected chi connectivity index (χ1v) is 5.87. The number of nitrogens with one attached hydrogen (secondary N) is 1. The van der Waals surface area contributed by atoms with Crippen molar-refractivity contribution in [3.8, 4) is 0 Å². The number of hydrogen-bond donors (Lipinski definition) is 1. The van der Waals surface area contributed by atoms with Crippen LogP contribution in [-0.2, 0) is 11.2 Å². The van der Waals surface area contributed by atoms with E-state index in [1.807, 2.05) is 6.07 Å². The van der Waals surface area contributed by atoms with Gasteiger partial charge >= 0.3 is 0 Å². The fourth-order valence-electron chi connectivity index (χ4n) is 1.56. The minimum atomic E-state index is -0.345. The molecule has 5 heteroatoms. The lowest BCUT2D eigenvalue weighted by Gasteiger charge is -2.05. The zero-order valence-corrected chi connectivity index (χ0v) is 10.3. The van der Waals surface area contributed by atoms with E-state index in [-0.39, 0.29) is 10.6 Å². The molecule has 0 atom stereocenters. The fourth-order valence-corrected chi connectivity index (χ4v) is 1.56. The summed E-state index contributed by atoms with van der Waals surface area (Å²) < 4.78 is 5.21. The van der Waals surface area contributed by atoms with Crippen molar-refractivity contribution in [1.82, 2.24) is 5.32 Å². The van der Waals surface area contributed by atoms with Gasteiger partial charge in [-0.05, 0) is 13.0 Å². The molecule has 0 amide bonds. The van der Waals surface area contributed by atoms with Gasteiger partial charge in [0.05, 0.1) is 18.1 Å². The van der Waals surface area contributed by atoms with Crippen molar-refractivity contribution >= 4 is 5.69 Å². The first-order valence-electron chi connectivity index (χ1n) is 5.87. The lowest BCUT2D eigenvalue weighted by Crippen LogP contribution is -2.22. The van der Waals surface area contributed by atoms with Gasteiger partial charge in [-0.2, -0.15) is 0 Å². The highest BCUT2D eigenvalue weighted by Gasteiger charge is 2.10. The van der Waals surface area contributed by atoms with Crippen LogP contribution in [-0.4, -0.2) is 31.2 Å². The van der Waals surface area contributed by atoms with E-state index in [1.54, 1.807) is 18.2 Å². The molecule has 1 N–H and O–H groups in total. The lowest BCUT2D eigenvalue weighted by molar-refractivity contribution is -0.385. The second-order valence-electron chi connectivity index (χ2n) is 3.75. The van der Waals surface area contributed by atoms with Gasteiger partial charge in [-0.15, -0.1) is 6.58 Å². The van der Waals surface area contributed by atoms with E-state index in [0.29, 0.717) is 26.2 Å². The van der Waals surface area contributed by atoms with Gasteiger partial charge in [0.2, 0.25) is 0 Å². The lowest BCUT2D eigenvalue weighted by atomic mass is 10.1. The summed E-state index contributed by atoms with van der Waals surface area (Å²) in [4.78, 5) is 10.4. The van der Waals surface area contributed by atoms with Crippen LogP contribution in [0.5, 0.6) is 0 Å². The number of nitrogens with zero attached hydrogens (tertiary/aromatic N) is 1. The minimum Gasteiger partial charge on any atom is -0.376 e. The van der Waals surface area contributed by atoms with Crippen molar-refractivity contribution in [1.29, 1.82) is 0 Å². The molecule has 1 aromatic rings. The smallest absolute Gasteiger partial charge is 0.272 e. The van der Waals surface area contributed by atoms with Crippen LogP contribution in [0.3, 0.4) is 0 Å². The number of hydrogen-bond acceptors (Lipinski definition) is 4. The van der Waals surface area contributed by atoms with Gasteiger partial charge in [-0.3, -0.25) is 10.1 Å². The molecule has 5 nitrogen and oxygen atoms in total. The average molecular weight is 250 g/mol. The van der Waals surface area contributed by atoms with Gasteiger partial charge < -0.3 is 10.1 Å². The minimum absolute atomic E-state index is 0.183. The first kappa shape index (κ1) is 14.3. The van der Waals surface area contributed by atoms with Gasteiger partial charge in [-0.1, -0.05) is 24.3 Å². The summed E-state index contributed by atoms with van der Waals surface area (Å²) in [6.07, 6.45) is 2.34. The molecule has 0 saturated carbocycles. The highest BCUT2D eigenvalue weighted by atomic mass is 16.6. The van der Waals surface area contributed by atoms with E-state index in [0.717, 1.165) is 12.1 Å². The quantitative estimate of drug-likeness (QED) is 0.315. The maximum atomic E-state index is 10.8. The van der Waals surface area contributed by atoms with Crippen LogP contribution in [0.4, 0.5) is 5.69 Å². The Morgan fingerprint density at radius 3 is 2.89 bits per heavy atom. The summed E-state index contributed by atoms with van der Waals surface area (Å²) in [7, 11) is 0. The summed E-state index contributed by atoms with van der Waals surface area (Å²) in [5.74, 6) is 0. The van der Waals surface area contributed by atoms with E-state index >= 15 is 0 Å². The van der Waals surface area contributed by atoms with Crippen molar-refractivity contribution < 1.29 is 9.66 Å². The van der Waals surface area contributed by atoms with Crippen molar-refractivity contribution in [3.05, 3.63) is 52.6 Å². The van der Waals surface area contributed by atoms with E-state index in [2.05, 4.69) is 11.9 Å². The summed E-state index contributed by atoms with van der Waals surface area (Å²) in [6, 6.07) is 6.81. The molecule has 0 aliphatic heterocycles. The Morgan fingerprint density at radius 1 is 1.39 bits per heavy atom. The third-order valence-corrected chi connectivity index (χ3v) is 2.42. The van der Waals surface area contributed by atoms with Crippen LogP contribution < -0.4 is 5.32 Å². The SMILES string of the molecule is C=CCOCCNCCc1ccccc1[N+](=O)[O-]. The number of nitro benzene ring substituents is 1. The van der Waals surface area contributed by atoms with Crippen LogP contribution >= 0.6 is 0 Å². The summed E-state index contributed by atoms with van der Waals surface area (Å²) in [5.41, 5.74) is 0.934. The third kappa shape index (κ3) is 5.07. The predicted octanol–water partition coefficient (Wildman–Crippen LogP) is 1.93. The van der Waals surface area contributed by atoms with Gasteiger partial charge in [0.25, 0.3) is 5.69 Å². The largest absolute Gasteiger partial charge is 0.376 e. The van der Waals surface area contributed by atoms with E-state index in [9.17, 15) is 10.1 Å². The van der Waals surface area contributed by atoms with Crippen molar-refractivity contribution in [2.45, 2.75) is 6.42 Å². The number of benzene rings is 1. The summed E-state index contributed by atoms with van der Waals surface area (Å²) in [6.45, 7) is 6.14. The number of nitro groups is 1.